The van der Waals surface area contributed by atoms with Gasteiger partial charge in [-0.05, 0) is 60.2 Å². The number of imidazole rings is 1. The molecule has 0 bridgehead atoms. The number of carbonyl (C=O) groups excluding carboxylic acids is 2. The molecule has 1 saturated heterocycles. The monoisotopic (exact) mass is 475 g/mol. The molecule has 1 fully saturated rings. The van der Waals surface area contributed by atoms with E-state index in [9.17, 15) is 18.0 Å². The highest BCUT2D eigenvalue weighted by molar-refractivity contribution is 8.18. The fourth-order valence-corrected chi connectivity index (χ4v) is 5.57. The first kappa shape index (κ1) is 20.0. The van der Waals surface area contributed by atoms with Crippen molar-refractivity contribution in [1.29, 1.82) is 0 Å². The second-order valence-corrected chi connectivity index (χ2v) is 10.4. The smallest absolute Gasteiger partial charge is 0.283 e. The van der Waals surface area contributed by atoms with Crippen molar-refractivity contribution in [3.05, 3.63) is 52.8 Å². The van der Waals surface area contributed by atoms with Crippen LogP contribution in [0.1, 0.15) is 11.3 Å². The van der Waals surface area contributed by atoms with E-state index in [2.05, 4.69) is 15.3 Å². The van der Waals surface area contributed by atoms with Gasteiger partial charge < -0.3 is 0 Å². The van der Waals surface area contributed by atoms with Crippen LogP contribution in [0.4, 0.5) is 10.5 Å². The van der Waals surface area contributed by atoms with E-state index in [0.717, 1.165) is 23.0 Å². The molecule has 5 rings (SSSR count). The number of nitrogens with zero attached hydrogens (tertiary/aromatic N) is 4. The molecule has 158 valence electrons. The molecule has 0 spiro atoms. The van der Waals surface area contributed by atoms with Crippen molar-refractivity contribution in [2.45, 2.75) is 6.42 Å². The number of hydrogen-bond donors (Lipinski definition) is 1. The second kappa shape index (κ2) is 7.36. The van der Waals surface area contributed by atoms with Crippen molar-refractivity contribution in [2.75, 3.05) is 16.1 Å². The first-order chi connectivity index (χ1) is 14.9. The third-order valence-corrected chi connectivity index (χ3v) is 7.97. The van der Waals surface area contributed by atoms with E-state index in [0.29, 0.717) is 35.5 Å². The van der Waals surface area contributed by atoms with Crippen LogP contribution >= 0.6 is 23.4 Å². The Kier molecular flexibility index (Phi) is 4.76. The predicted octanol–water partition coefficient (Wildman–Crippen LogP) is 2.63. The van der Waals surface area contributed by atoms with E-state index in [-0.39, 0.29) is 4.91 Å². The zero-order chi connectivity index (χ0) is 21.8. The first-order valence-electron chi connectivity index (χ1n) is 9.14. The average Bonchev–Trinajstić information content (AvgIpc) is 3.44. The number of fused-ring (bicyclic) bond motifs is 2. The molecule has 9 nitrogen and oxygen atoms in total. The lowest BCUT2D eigenvalue weighted by Gasteiger charge is -2.18. The molecular weight excluding hydrogens is 462 g/mol. The van der Waals surface area contributed by atoms with Gasteiger partial charge in [-0.25, -0.2) is 18.4 Å². The molecule has 2 amide bonds. The quantitative estimate of drug-likeness (QED) is 0.455. The van der Waals surface area contributed by atoms with Crippen LogP contribution in [-0.4, -0.2) is 45.9 Å². The lowest BCUT2D eigenvalue weighted by molar-refractivity contribution is -0.115. The number of rotatable bonds is 4. The molecule has 2 aliphatic rings. The summed E-state index contributed by atoms with van der Waals surface area (Å²) in [5.74, 6) is -0.444. The molecule has 1 aromatic carbocycles. The van der Waals surface area contributed by atoms with Crippen LogP contribution in [0.3, 0.4) is 0 Å². The normalized spacial score (nSPS) is 17.6. The second-order valence-electron chi connectivity index (χ2n) is 6.90. The molecule has 1 N–H and O–H groups in total. The van der Waals surface area contributed by atoms with Crippen molar-refractivity contribution in [3.8, 4) is 5.69 Å². The van der Waals surface area contributed by atoms with E-state index in [4.69, 9.17) is 11.6 Å². The van der Waals surface area contributed by atoms with Gasteiger partial charge >= 0.3 is 0 Å². The van der Waals surface area contributed by atoms with Crippen LogP contribution in [0, 0.1) is 0 Å². The standard InChI is InChI=1S/C19H14ClN5O4S2/c20-9-31(28,29)25-6-5-11-7-13(2-4-15(11)25)24-10-21-14-3-1-12(22-17(14)24)8-16-18(26)23-19(27)30-16/h1-4,7-8,10H,5-6,9H2,(H,23,26,27)/b16-8-. The van der Waals surface area contributed by atoms with Gasteiger partial charge in [0.05, 0.1) is 16.3 Å². The fraction of sp³-hybridized carbons (Fsp3) is 0.158. The van der Waals surface area contributed by atoms with Crippen molar-refractivity contribution < 1.29 is 18.0 Å². The number of sulfonamides is 1. The molecule has 0 aliphatic carbocycles. The maximum Gasteiger partial charge on any atom is 0.290 e. The minimum Gasteiger partial charge on any atom is -0.283 e. The maximum absolute atomic E-state index is 12.2. The highest BCUT2D eigenvalue weighted by atomic mass is 35.5. The maximum atomic E-state index is 12.2. The molecular formula is C19H14ClN5O4S2. The van der Waals surface area contributed by atoms with Crippen LogP contribution in [0.5, 0.6) is 0 Å². The number of benzene rings is 1. The fourth-order valence-electron chi connectivity index (χ4n) is 3.59. The third-order valence-electron chi connectivity index (χ3n) is 5.01. The Morgan fingerprint density at radius 3 is 2.81 bits per heavy atom. The zero-order valence-electron chi connectivity index (χ0n) is 15.8. The van der Waals surface area contributed by atoms with Gasteiger partial charge in [0.25, 0.3) is 11.1 Å². The van der Waals surface area contributed by atoms with Gasteiger partial charge in [-0.3, -0.25) is 23.8 Å². The number of hydrogen-bond acceptors (Lipinski definition) is 7. The third kappa shape index (κ3) is 3.48. The van der Waals surface area contributed by atoms with Crippen LogP contribution in [0.2, 0.25) is 0 Å². The lowest BCUT2D eigenvalue weighted by atomic mass is 10.1. The number of pyridine rings is 1. The van der Waals surface area contributed by atoms with Crippen LogP contribution < -0.4 is 9.62 Å². The Bertz CT molecular complexity index is 1400. The number of amides is 2. The molecule has 0 radical (unpaired) electrons. The highest BCUT2D eigenvalue weighted by Gasteiger charge is 2.29. The number of nitrogens with one attached hydrogen (secondary N) is 1. The lowest BCUT2D eigenvalue weighted by Crippen LogP contribution is -2.29. The van der Waals surface area contributed by atoms with E-state index in [1.807, 2.05) is 6.07 Å². The summed E-state index contributed by atoms with van der Waals surface area (Å²) < 4.78 is 27.5. The Balaban J connectivity index is 1.54. The van der Waals surface area contributed by atoms with E-state index < -0.39 is 26.4 Å². The molecule has 2 aliphatic heterocycles. The van der Waals surface area contributed by atoms with Crippen LogP contribution in [-0.2, 0) is 21.2 Å². The van der Waals surface area contributed by atoms with E-state index in [1.54, 1.807) is 41.2 Å². The summed E-state index contributed by atoms with van der Waals surface area (Å²) in [6.07, 6.45) is 3.77. The number of halogens is 1. The Morgan fingerprint density at radius 2 is 2.06 bits per heavy atom. The van der Waals surface area contributed by atoms with Gasteiger partial charge in [0.1, 0.15) is 17.1 Å². The number of alkyl halides is 1. The van der Waals surface area contributed by atoms with Crippen molar-refractivity contribution >= 4 is 67.5 Å². The number of carbonyl (C=O) groups is 2. The Labute approximate surface area is 186 Å². The largest absolute Gasteiger partial charge is 0.290 e. The summed E-state index contributed by atoms with van der Waals surface area (Å²) in [7, 11) is -3.54. The number of thioether (sulfide) groups is 1. The molecule has 0 saturated carbocycles. The Morgan fingerprint density at radius 1 is 1.23 bits per heavy atom. The van der Waals surface area contributed by atoms with Gasteiger partial charge in [-0.15, -0.1) is 11.6 Å². The summed E-state index contributed by atoms with van der Waals surface area (Å²) in [4.78, 5) is 32.4. The van der Waals surface area contributed by atoms with Gasteiger partial charge in [-0.2, -0.15) is 0 Å². The molecule has 12 heteroatoms. The summed E-state index contributed by atoms with van der Waals surface area (Å²) in [5.41, 5.74) is 4.06. The zero-order valence-corrected chi connectivity index (χ0v) is 18.2. The summed E-state index contributed by atoms with van der Waals surface area (Å²) >= 11 is 6.44. The summed E-state index contributed by atoms with van der Waals surface area (Å²) in [5, 5.41) is 1.34. The SMILES string of the molecule is O=C1NC(=O)/C(=C/c2ccc3ncn(-c4ccc5c(c4)CCN5S(=O)(=O)CCl)c3n2)S1. The van der Waals surface area contributed by atoms with E-state index >= 15 is 0 Å². The number of anilines is 1. The van der Waals surface area contributed by atoms with Crippen molar-refractivity contribution in [1.82, 2.24) is 19.9 Å². The molecule has 0 atom stereocenters. The van der Waals surface area contributed by atoms with Crippen molar-refractivity contribution in [2.24, 2.45) is 0 Å². The molecule has 2 aromatic heterocycles. The van der Waals surface area contributed by atoms with Crippen LogP contribution in [0.25, 0.3) is 22.9 Å². The number of aromatic nitrogens is 3. The van der Waals surface area contributed by atoms with Crippen molar-refractivity contribution in [3.63, 3.8) is 0 Å². The van der Waals surface area contributed by atoms with Gasteiger partial charge in [0, 0.05) is 12.2 Å². The molecule has 31 heavy (non-hydrogen) atoms. The first-order valence-corrected chi connectivity index (χ1v) is 12.1. The van der Waals surface area contributed by atoms with Gasteiger partial charge in [0.15, 0.2) is 5.65 Å². The summed E-state index contributed by atoms with van der Waals surface area (Å²) in [6.45, 7) is 0.354. The average molecular weight is 476 g/mol. The minimum atomic E-state index is -3.54. The van der Waals surface area contributed by atoms with Gasteiger partial charge in [0.2, 0.25) is 10.0 Å². The minimum absolute atomic E-state index is 0.279. The van der Waals surface area contributed by atoms with Crippen LogP contribution in [0.15, 0.2) is 41.6 Å². The predicted molar refractivity (Wildman–Crippen MR) is 119 cm³/mol. The van der Waals surface area contributed by atoms with E-state index in [1.165, 1.54) is 4.31 Å². The highest BCUT2D eigenvalue weighted by Crippen LogP contribution is 2.33. The van der Waals surface area contributed by atoms with Gasteiger partial charge in [-0.1, -0.05) is 0 Å². The molecule has 4 heterocycles. The molecule has 3 aromatic rings. The number of imide groups is 1. The topological polar surface area (TPSA) is 114 Å². The summed E-state index contributed by atoms with van der Waals surface area (Å²) in [6, 6.07) is 8.97. The Hall–Kier alpha value is -2.89. The molecule has 0 unspecified atom stereocenters.